The molecule has 3 N–H and O–H groups in total. The molecule has 0 aliphatic heterocycles. The van der Waals surface area contributed by atoms with Gasteiger partial charge in [0.2, 0.25) is 10.0 Å². The highest BCUT2D eigenvalue weighted by Gasteiger charge is 1.98. The Balaban J connectivity index is 0.000000671. The van der Waals surface area contributed by atoms with Crippen molar-refractivity contribution < 1.29 is 18.9 Å². The first-order valence-corrected chi connectivity index (χ1v) is 5.20. The second kappa shape index (κ2) is 5.52. The quantitative estimate of drug-likeness (QED) is 0.498. The molecular weight excluding hydrogens is 194 g/mol. The molecule has 0 spiro atoms. The molecule has 0 aliphatic carbocycles. The van der Waals surface area contributed by atoms with Crippen molar-refractivity contribution in [3.8, 4) is 0 Å². The van der Waals surface area contributed by atoms with E-state index in [2.05, 4.69) is 4.72 Å². The van der Waals surface area contributed by atoms with Crippen molar-refractivity contribution in [1.29, 1.82) is 0 Å². The molecule has 0 atom stereocenters. The predicted octanol–water partition coefficient (Wildman–Crippen LogP) is 1.08. The van der Waals surface area contributed by atoms with Gasteiger partial charge in [-0.25, -0.2) is 8.42 Å². The standard InChI is InChI=1S/C7H9NO2S.H2O2/c1-11(9,10)8-7-5-3-2-4-6-7;1-2/h2-6,8H,1H3;1-2H. The van der Waals surface area contributed by atoms with Crippen LogP contribution in [0.3, 0.4) is 0 Å². The van der Waals surface area contributed by atoms with Gasteiger partial charge in [0.25, 0.3) is 0 Å². The molecule has 1 aromatic rings. The van der Waals surface area contributed by atoms with Crippen molar-refractivity contribution in [1.82, 2.24) is 0 Å². The molecule has 1 rings (SSSR count). The Hall–Kier alpha value is -1.11. The van der Waals surface area contributed by atoms with E-state index < -0.39 is 10.0 Å². The van der Waals surface area contributed by atoms with Gasteiger partial charge in [0.15, 0.2) is 0 Å². The first-order valence-electron chi connectivity index (χ1n) is 3.31. The van der Waals surface area contributed by atoms with E-state index in [9.17, 15) is 8.42 Å². The largest absolute Gasteiger partial charge is 0.284 e. The third-order valence-corrected chi connectivity index (χ3v) is 1.68. The van der Waals surface area contributed by atoms with Gasteiger partial charge in [-0.2, -0.15) is 0 Å². The van der Waals surface area contributed by atoms with Crippen molar-refractivity contribution in [2.24, 2.45) is 0 Å². The molecular formula is C7H11NO4S. The molecule has 0 unspecified atom stereocenters. The van der Waals surface area contributed by atoms with Crippen LogP contribution >= 0.6 is 0 Å². The van der Waals surface area contributed by atoms with Crippen molar-refractivity contribution >= 4 is 15.7 Å². The summed E-state index contributed by atoms with van der Waals surface area (Å²) in [4.78, 5) is 0. The Labute approximate surface area is 76.6 Å². The van der Waals surface area contributed by atoms with Gasteiger partial charge in [0, 0.05) is 5.69 Å². The fourth-order valence-electron chi connectivity index (χ4n) is 0.720. The minimum absolute atomic E-state index is 0.593. The minimum atomic E-state index is -3.13. The van der Waals surface area contributed by atoms with Crippen LogP contribution in [0, 0.1) is 0 Å². The molecule has 0 aliphatic rings. The van der Waals surface area contributed by atoms with Crippen LogP contribution in [0.15, 0.2) is 30.3 Å². The van der Waals surface area contributed by atoms with Gasteiger partial charge in [-0.3, -0.25) is 15.2 Å². The third-order valence-electron chi connectivity index (χ3n) is 1.08. The summed E-state index contributed by atoms with van der Waals surface area (Å²) in [5, 5.41) is 12.0. The van der Waals surface area contributed by atoms with E-state index in [1.807, 2.05) is 6.07 Å². The van der Waals surface area contributed by atoms with Gasteiger partial charge in [0.1, 0.15) is 0 Å². The lowest BCUT2D eigenvalue weighted by Crippen LogP contribution is -2.08. The number of rotatable bonds is 2. The van der Waals surface area contributed by atoms with Crippen LogP contribution in [-0.4, -0.2) is 25.2 Å². The van der Waals surface area contributed by atoms with Crippen molar-refractivity contribution in [3.05, 3.63) is 30.3 Å². The second-order valence-electron chi connectivity index (χ2n) is 2.24. The maximum Gasteiger partial charge on any atom is 0.229 e. The zero-order chi connectivity index (χ0) is 10.3. The molecule has 0 aromatic heterocycles. The number of hydrogen-bond donors (Lipinski definition) is 3. The molecule has 1 aromatic carbocycles. The zero-order valence-corrected chi connectivity index (χ0v) is 7.82. The van der Waals surface area contributed by atoms with Crippen LogP contribution in [0.2, 0.25) is 0 Å². The zero-order valence-electron chi connectivity index (χ0n) is 7.01. The van der Waals surface area contributed by atoms with E-state index in [4.69, 9.17) is 10.5 Å². The Morgan fingerprint density at radius 3 is 2.00 bits per heavy atom. The third kappa shape index (κ3) is 6.09. The van der Waals surface area contributed by atoms with Crippen LogP contribution < -0.4 is 4.72 Å². The minimum Gasteiger partial charge on any atom is -0.284 e. The van der Waals surface area contributed by atoms with Crippen molar-refractivity contribution in [2.75, 3.05) is 11.0 Å². The van der Waals surface area contributed by atoms with Gasteiger partial charge in [-0.15, -0.1) is 0 Å². The summed E-state index contributed by atoms with van der Waals surface area (Å²) in [6, 6.07) is 8.76. The fraction of sp³-hybridized carbons (Fsp3) is 0.143. The van der Waals surface area contributed by atoms with E-state index in [1.165, 1.54) is 0 Å². The Kier molecular flexibility index (Phi) is 5.05. The number of para-hydroxylation sites is 1. The summed E-state index contributed by atoms with van der Waals surface area (Å²) in [6.07, 6.45) is 1.12. The lowest BCUT2D eigenvalue weighted by molar-refractivity contribution is -0.176. The molecule has 0 amide bonds. The molecule has 0 bridgehead atoms. The number of hydrogen-bond acceptors (Lipinski definition) is 4. The van der Waals surface area contributed by atoms with Crippen LogP contribution in [0.4, 0.5) is 5.69 Å². The van der Waals surface area contributed by atoms with Crippen LogP contribution in [0.5, 0.6) is 0 Å². The molecule has 0 fully saturated rings. The Morgan fingerprint density at radius 1 is 1.15 bits per heavy atom. The maximum atomic E-state index is 10.7. The summed E-state index contributed by atoms with van der Waals surface area (Å²) in [7, 11) is -3.13. The number of nitrogens with one attached hydrogen (secondary N) is 1. The molecule has 0 heterocycles. The van der Waals surface area contributed by atoms with E-state index >= 15 is 0 Å². The molecule has 6 heteroatoms. The first kappa shape index (κ1) is 11.9. The monoisotopic (exact) mass is 205 g/mol. The molecule has 74 valence electrons. The number of anilines is 1. The van der Waals surface area contributed by atoms with Gasteiger partial charge in [0.05, 0.1) is 6.26 Å². The second-order valence-corrected chi connectivity index (χ2v) is 3.99. The van der Waals surface area contributed by atoms with Crippen LogP contribution in [0.1, 0.15) is 0 Å². The molecule has 0 saturated heterocycles. The van der Waals surface area contributed by atoms with Gasteiger partial charge in [-0.1, -0.05) is 18.2 Å². The van der Waals surface area contributed by atoms with Crippen LogP contribution in [0.25, 0.3) is 0 Å². The Bertz CT molecular complexity index is 322. The average molecular weight is 205 g/mol. The van der Waals surface area contributed by atoms with E-state index in [1.54, 1.807) is 24.3 Å². The van der Waals surface area contributed by atoms with Gasteiger partial charge >= 0.3 is 0 Å². The summed E-state index contributed by atoms with van der Waals surface area (Å²) < 4.78 is 23.7. The SMILES string of the molecule is CS(=O)(=O)Nc1ccccc1.OO. The molecule has 0 radical (unpaired) electrons. The Morgan fingerprint density at radius 2 is 1.62 bits per heavy atom. The number of benzene rings is 1. The van der Waals surface area contributed by atoms with Crippen LogP contribution in [-0.2, 0) is 10.0 Å². The van der Waals surface area contributed by atoms with E-state index in [0.29, 0.717) is 5.69 Å². The lowest BCUT2D eigenvalue weighted by Gasteiger charge is -2.00. The maximum absolute atomic E-state index is 10.7. The first-order chi connectivity index (χ1) is 6.08. The molecule has 5 nitrogen and oxygen atoms in total. The highest BCUT2D eigenvalue weighted by atomic mass is 32.2. The molecule has 0 saturated carbocycles. The summed E-state index contributed by atoms with van der Waals surface area (Å²) >= 11 is 0. The van der Waals surface area contributed by atoms with E-state index in [-0.39, 0.29) is 0 Å². The predicted molar refractivity (Wildman–Crippen MR) is 50.2 cm³/mol. The smallest absolute Gasteiger partial charge is 0.229 e. The van der Waals surface area contributed by atoms with E-state index in [0.717, 1.165) is 6.26 Å². The summed E-state index contributed by atoms with van der Waals surface area (Å²) in [5.41, 5.74) is 0.593. The molecule has 13 heavy (non-hydrogen) atoms. The van der Waals surface area contributed by atoms with Gasteiger partial charge < -0.3 is 0 Å². The number of sulfonamides is 1. The lowest BCUT2D eigenvalue weighted by atomic mass is 10.3. The summed E-state index contributed by atoms with van der Waals surface area (Å²) in [5.74, 6) is 0. The highest BCUT2D eigenvalue weighted by molar-refractivity contribution is 7.92. The van der Waals surface area contributed by atoms with Gasteiger partial charge in [-0.05, 0) is 12.1 Å². The summed E-state index contributed by atoms with van der Waals surface area (Å²) in [6.45, 7) is 0. The van der Waals surface area contributed by atoms with Crippen molar-refractivity contribution in [3.63, 3.8) is 0 Å². The average Bonchev–Trinajstić information content (AvgIpc) is 2.07. The highest BCUT2D eigenvalue weighted by Crippen LogP contribution is 2.05. The normalized spacial score (nSPS) is 9.77. The topological polar surface area (TPSA) is 86.6 Å². The fourth-order valence-corrected chi connectivity index (χ4v) is 1.28. The van der Waals surface area contributed by atoms with Crippen molar-refractivity contribution in [2.45, 2.75) is 0 Å².